The molecule has 0 saturated carbocycles. The molecular weight excluding hydrogens is 238 g/mol. The fraction of sp³-hybridized carbons (Fsp3) is 0.500. The summed E-state index contributed by atoms with van der Waals surface area (Å²) in [5.74, 6) is 0.523. The minimum atomic E-state index is 0.0562. The van der Waals surface area contributed by atoms with Crippen LogP contribution in [0.3, 0.4) is 0 Å². The van der Waals surface area contributed by atoms with Crippen LogP contribution in [0.15, 0.2) is 18.2 Å². The van der Waals surface area contributed by atoms with Crippen molar-refractivity contribution >= 4 is 11.6 Å². The second-order valence-electron chi connectivity index (χ2n) is 5.59. The maximum atomic E-state index is 12.3. The zero-order chi connectivity index (χ0) is 14.0. The minimum absolute atomic E-state index is 0.0562. The third-order valence-electron chi connectivity index (χ3n) is 3.81. The minimum Gasteiger partial charge on any atom is -0.299 e. The van der Waals surface area contributed by atoms with Crippen molar-refractivity contribution in [3.05, 3.63) is 34.9 Å². The summed E-state index contributed by atoms with van der Waals surface area (Å²) in [6.45, 7) is 7.77. The second-order valence-corrected chi connectivity index (χ2v) is 5.59. The molecule has 1 heterocycles. The van der Waals surface area contributed by atoms with Gasteiger partial charge < -0.3 is 0 Å². The van der Waals surface area contributed by atoms with Gasteiger partial charge in [0.05, 0.1) is 6.54 Å². The second kappa shape index (κ2) is 5.66. The van der Waals surface area contributed by atoms with Crippen LogP contribution in [0.5, 0.6) is 0 Å². The van der Waals surface area contributed by atoms with Crippen LogP contribution in [-0.4, -0.2) is 36.1 Å². The van der Waals surface area contributed by atoms with E-state index in [1.807, 2.05) is 39.0 Å². The normalized spacial score (nSPS) is 20.6. The van der Waals surface area contributed by atoms with Gasteiger partial charge in [0.15, 0.2) is 5.78 Å². The van der Waals surface area contributed by atoms with Crippen LogP contribution in [0.4, 0.5) is 0 Å². The number of Topliss-reactive ketones (excluding diaryl/α,β-unsaturated/α-hetero) is 2. The van der Waals surface area contributed by atoms with E-state index in [-0.39, 0.29) is 11.7 Å². The van der Waals surface area contributed by atoms with Crippen molar-refractivity contribution in [2.24, 2.45) is 5.92 Å². The van der Waals surface area contributed by atoms with Crippen LogP contribution in [-0.2, 0) is 4.79 Å². The van der Waals surface area contributed by atoms with Crippen molar-refractivity contribution in [2.45, 2.75) is 27.2 Å². The van der Waals surface area contributed by atoms with Crippen LogP contribution in [0, 0.1) is 19.8 Å². The molecule has 1 unspecified atom stereocenters. The van der Waals surface area contributed by atoms with Crippen LogP contribution in [0.1, 0.15) is 34.8 Å². The number of rotatable bonds is 3. The highest BCUT2D eigenvalue weighted by Crippen LogP contribution is 2.15. The van der Waals surface area contributed by atoms with Crippen molar-refractivity contribution < 1.29 is 9.59 Å². The number of aryl methyl sites for hydroxylation is 2. The molecule has 1 aliphatic rings. The molecule has 1 saturated heterocycles. The van der Waals surface area contributed by atoms with Gasteiger partial charge in [-0.15, -0.1) is 0 Å². The predicted molar refractivity (Wildman–Crippen MR) is 75.5 cm³/mol. The molecule has 1 aliphatic heterocycles. The van der Waals surface area contributed by atoms with Gasteiger partial charge in [0.1, 0.15) is 5.78 Å². The summed E-state index contributed by atoms with van der Waals surface area (Å²) in [7, 11) is 0. The monoisotopic (exact) mass is 259 g/mol. The zero-order valence-corrected chi connectivity index (χ0v) is 11.9. The first-order valence-corrected chi connectivity index (χ1v) is 6.83. The maximum absolute atomic E-state index is 12.3. The first-order chi connectivity index (χ1) is 8.97. The summed E-state index contributed by atoms with van der Waals surface area (Å²) in [5, 5.41) is 0. The molecule has 1 aromatic carbocycles. The van der Waals surface area contributed by atoms with Gasteiger partial charge in [-0.3, -0.25) is 14.5 Å². The molecule has 0 aromatic heterocycles. The number of benzene rings is 1. The third kappa shape index (κ3) is 3.29. The molecule has 2 rings (SSSR count). The number of carbonyl (C=O) groups excluding carboxylic acids is 2. The molecule has 0 aliphatic carbocycles. The molecule has 19 heavy (non-hydrogen) atoms. The molecule has 3 heteroatoms. The number of piperidine rings is 1. The Bertz CT molecular complexity index is 507. The summed E-state index contributed by atoms with van der Waals surface area (Å²) in [4.78, 5) is 25.9. The first-order valence-electron chi connectivity index (χ1n) is 6.83. The predicted octanol–water partition coefficient (Wildman–Crippen LogP) is 2.40. The van der Waals surface area contributed by atoms with E-state index in [4.69, 9.17) is 0 Å². The summed E-state index contributed by atoms with van der Waals surface area (Å²) in [6.07, 6.45) is 0.571. The number of ketones is 2. The van der Waals surface area contributed by atoms with Crippen molar-refractivity contribution in [2.75, 3.05) is 19.6 Å². The van der Waals surface area contributed by atoms with Gasteiger partial charge in [-0.1, -0.05) is 30.7 Å². The van der Waals surface area contributed by atoms with E-state index in [0.29, 0.717) is 31.8 Å². The zero-order valence-electron chi connectivity index (χ0n) is 11.9. The quantitative estimate of drug-likeness (QED) is 0.782. The Morgan fingerprint density at radius 3 is 2.74 bits per heavy atom. The third-order valence-corrected chi connectivity index (χ3v) is 3.81. The van der Waals surface area contributed by atoms with E-state index in [9.17, 15) is 9.59 Å². The van der Waals surface area contributed by atoms with E-state index < -0.39 is 0 Å². The summed E-state index contributed by atoms with van der Waals surface area (Å²) < 4.78 is 0. The Labute approximate surface area is 114 Å². The highest BCUT2D eigenvalue weighted by Gasteiger charge is 2.25. The largest absolute Gasteiger partial charge is 0.299 e. The van der Waals surface area contributed by atoms with Gasteiger partial charge in [0, 0.05) is 31.0 Å². The van der Waals surface area contributed by atoms with Gasteiger partial charge >= 0.3 is 0 Å². The van der Waals surface area contributed by atoms with Gasteiger partial charge in [-0.05, 0) is 19.4 Å². The molecule has 0 spiro atoms. The van der Waals surface area contributed by atoms with Gasteiger partial charge in [0.25, 0.3) is 0 Å². The maximum Gasteiger partial charge on any atom is 0.177 e. The Kier molecular flexibility index (Phi) is 4.15. The van der Waals surface area contributed by atoms with Gasteiger partial charge in [-0.2, -0.15) is 0 Å². The average molecular weight is 259 g/mol. The average Bonchev–Trinajstić information content (AvgIpc) is 2.33. The van der Waals surface area contributed by atoms with Gasteiger partial charge in [-0.25, -0.2) is 0 Å². The number of likely N-dealkylation sites (tertiary alicyclic amines) is 1. The van der Waals surface area contributed by atoms with E-state index in [0.717, 1.165) is 11.1 Å². The lowest BCUT2D eigenvalue weighted by Crippen LogP contribution is -2.42. The highest BCUT2D eigenvalue weighted by molar-refractivity contribution is 5.99. The first kappa shape index (κ1) is 13.9. The van der Waals surface area contributed by atoms with Crippen LogP contribution in [0.25, 0.3) is 0 Å². The number of hydrogen-bond donors (Lipinski definition) is 0. The smallest absolute Gasteiger partial charge is 0.177 e. The molecule has 102 valence electrons. The summed E-state index contributed by atoms with van der Waals surface area (Å²) in [6, 6.07) is 5.92. The molecule has 1 aromatic rings. The van der Waals surface area contributed by atoms with Crippen molar-refractivity contribution in [3.8, 4) is 0 Å². The molecule has 0 amide bonds. The van der Waals surface area contributed by atoms with Crippen LogP contribution >= 0.6 is 0 Å². The van der Waals surface area contributed by atoms with E-state index >= 15 is 0 Å². The van der Waals surface area contributed by atoms with Crippen LogP contribution in [0.2, 0.25) is 0 Å². The molecule has 1 atom stereocenters. The summed E-state index contributed by atoms with van der Waals surface area (Å²) >= 11 is 0. The van der Waals surface area contributed by atoms with Crippen LogP contribution < -0.4 is 0 Å². The topological polar surface area (TPSA) is 37.4 Å². The van der Waals surface area contributed by atoms with E-state index in [1.54, 1.807) is 0 Å². The number of carbonyl (C=O) groups is 2. The molecule has 3 nitrogen and oxygen atoms in total. The highest BCUT2D eigenvalue weighted by atomic mass is 16.1. The SMILES string of the molecule is Cc1ccc(C(=O)CN2CCC(=O)C(C)C2)c(C)c1. The van der Waals surface area contributed by atoms with Crippen molar-refractivity contribution in [1.29, 1.82) is 0 Å². The number of hydrogen-bond acceptors (Lipinski definition) is 3. The fourth-order valence-electron chi connectivity index (χ4n) is 2.65. The molecule has 0 N–H and O–H groups in total. The molecule has 1 fully saturated rings. The van der Waals surface area contributed by atoms with Gasteiger partial charge in [0.2, 0.25) is 0 Å². The van der Waals surface area contributed by atoms with Crippen molar-refractivity contribution in [3.63, 3.8) is 0 Å². The number of nitrogens with zero attached hydrogens (tertiary/aromatic N) is 1. The Morgan fingerprint density at radius 2 is 2.11 bits per heavy atom. The Balaban J connectivity index is 2.03. The fourth-order valence-corrected chi connectivity index (χ4v) is 2.65. The molecule has 0 radical (unpaired) electrons. The Morgan fingerprint density at radius 1 is 1.37 bits per heavy atom. The Hall–Kier alpha value is -1.48. The molecular formula is C16H21NO2. The standard InChI is InChI=1S/C16H21NO2/c1-11-4-5-14(12(2)8-11)16(19)10-17-7-6-15(18)13(3)9-17/h4-5,8,13H,6-7,9-10H2,1-3H3. The summed E-state index contributed by atoms with van der Waals surface area (Å²) in [5.41, 5.74) is 3.01. The molecule has 0 bridgehead atoms. The van der Waals surface area contributed by atoms with Crippen molar-refractivity contribution in [1.82, 2.24) is 4.90 Å². The lowest BCUT2D eigenvalue weighted by molar-refractivity contribution is -0.125. The van der Waals surface area contributed by atoms with E-state index in [1.165, 1.54) is 5.56 Å². The van der Waals surface area contributed by atoms with E-state index in [2.05, 4.69) is 4.90 Å². The lowest BCUT2D eigenvalue weighted by Gasteiger charge is -2.29. The lowest BCUT2D eigenvalue weighted by atomic mass is 9.97.